The Morgan fingerprint density at radius 2 is 1.61 bits per heavy atom. The van der Waals surface area contributed by atoms with Crippen molar-refractivity contribution in [2.24, 2.45) is 11.8 Å². The van der Waals surface area contributed by atoms with Crippen molar-refractivity contribution in [3.63, 3.8) is 0 Å². The van der Waals surface area contributed by atoms with Gasteiger partial charge < -0.3 is 26.0 Å². The Morgan fingerprint density at radius 3 is 2.16 bits per heavy atom. The molecule has 0 bridgehead atoms. The molecule has 2 unspecified atom stereocenters. The van der Waals surface area contributed by atoms with Gasteiger partial charge in [-0.1, -0.05) is 0 Å². The molecule has 2 heterocycles. The number of alkyl halides is 6. The van der Waals surface area contributed by atoms with Crippen LogP contribution in [0.15, 0.2) is 0 Å². The van der Waals surface area contributed by atoms with E-state index in [9.17, 15) is 50.3 Å². The molecular formula is C21H28F6N4O7. The first kappa shape index (κ1) is 31.3. The molecule has 3 atom stereocenters. The van der Waals surface area contributed by atoms with Gasteiger partial charge in [0, 0.05) is 25.7 Å². The van der Waals surface area contributed by atoms with E-state index in [0.717, 1.165) is 0 Å². The lowest BCUT2D eigenvalue weighted by atomic mass is 9.91. The van der Waals surface area contributed by atoms with Crippen molar-refractivity contribution in [3.8, 4) is 0 Å². The average molecular weight is 562 g/mol. The Balaban J connectivity index is 2.16. The van der Waals surface area contributed by atoms with Crippen molar-refractivity contribution < 1.29 is 59.8 Å². The number of nitrogens with one attached hydrogen (secondary N) is 4. The van der Waals surface area contributed by atoms with Crippen molar-refractivity contribution >= 4 is 29.4 Å². The van der Waals surface area contributed by atoms with E-state index in [0.29, 0.717) is 26.1 Å². The highest BCUT2D eigenvalue weighted by molar-refractivity contribution is 6.35. The van der Waals surface area contributed by atoms with Gasteiger partial charge in [-0.3, -0.25) is 28.7 Å². The summed E-state index contributed by atoms with van der Waals surface area (Å²) in [6.45, 7) is -2.35. The van der Waals surface area contributed by atoms with Crippen molar-refractivity contribution in [2.45, 2.75) is 56.7 Å². The molecule has 2 aliphatic heterocycles. The van der Waals surface area contributed by atoms with Crippen molar-refractivity contribution in [3.05, 3.63) is 0 Å². The molecule has 0 aromatic heterocycles. The van der Waals surface area contributed by atoms with Gasteiger partial charge in [-0.25, -0.2) is 0 Å². The molecule has 0 aromatic carbocycles. The molecule has 0 spiro atoms. The fourth-order valence-corrected chi connectivity index (χ4v) is 3.98. The summed E-state index contributed by atoms with van der Waals surface area (Å²) in [6.07, 6.45) is -9.25. The predicted octanol–water partition coefficient (Wildman–Crippen LogP) is 0.0829. The van der Waals surface area contributed by atoms with E-state index in [-0.39, 0.29) is 31.7 Å². The third kappa shape index (κ3) is 11.2. The van der Waals surface area contributed by atoms with Crippen LogP contribution in [0.4, 0.5) is 26.3 Å². The first-order valence-corrected chi connectivity index (χ1v) is 11.7. The number of amides is 4. The number of carbonyl (C=O) groups is 5. The largest absolute Gasteiger partial charge is 0.522 e. The van der Waals surface area contributed by atoms with Gasteiger partial charge in [-0.15, -0.1) is 13.2 Å². The fraction of sp³-hybridized carbons (Fsp3) is 0.762. The third-order valence-corrected chi connectivity index (χ3v) is 5.95. The molecule has 2 saturated heterocycles. The molecule has 0 aromatic rings. The van der Waals surface area contributed by atoms with Crippen LogP contribution in [0.3, 0.4) is 0 Å². The first-order chi connectivity index (χ1) is 17.6. The van der Waals surface area contributed by atoms with Gasteiger partial charge in [0.15, 0.2) is 5.78 Å². The van der Waals surface area contributed by atoms with Gasteiger partial charge in [0.1, 0.15) is 19.2 Å². The Hall–Kier alpha value is -2.95. The van der Waals surface area contributed by atoms with E-state index in [2.05, 4.69) is 15.4 Å². The minimum atomic E-state index is -5.14. The lowest BCUT2D eigenvalue weighted by molar-refractivity contribution is -0.321. The molecular weight excluding hydrogens is 534 g/mol. The van der Waals surface area contributed by atoms with Crippen LogP contribution in [-0.2, 0) is 33.4 Å². The fourth-order valence-electron chi connectivity index (χ4n) is 3.98. The lowest BCUT2D eigenvalue weighted by Gasteiger charge is -2.28. The third-order valence-electron chi connectivity index (χ3n) is 5.95. The van der Waals surface area contributed by atoms with E-state index in [1.807, 2.05) is 5.32 Å². The Morgan fingerprint density at radius 1 is 0.947 bits per heavy atom. The van der Waals surface area contributed by atoms with Crippen LogP contribution in [0.1, 0.15) is 32.1 Å². The number of ketones is 1. The van der Waals surface area contributed by atoms with Gasteiger partial charge in [0.05, 0.1) is 6.04 Å². The molecule has 2 aliphatic rings. The number of ether oxygens (including phenoxy) is 2. The first-order valence-electron chi connectivity index (χ1n) is 11.7. The molecule has 4 amide bonds. The number of carbonyl (C=O) groups excluding carboxylic acids is 5. The van der Waals surface area contributed by atoms with E-state index in [1.165, 1.54) is 5.32 Å². The van der Waals surface area contributed by atoms with E-state index >= 15 is 0 Å². The summed E-state index contributed by atoms with van der Waals surface area (Å²) in [6, 6.07) is -3.15. The van der Waals surface area contributed by atoms with Crippen molar-refractivity contribution in [1.29, 1.82) is 0 Å². The maximum atomic E-state index is 13.1. The maximum absolute atomic E-state index is 13.1. The summed E-state index contributed by atoms with van der Waals surface area (Å²) in [5, 5.41) is 8.11. The standard InChI is InChI=1S/C21H28F6N4O7/c22-20(23,24)10-29-18(35)19(36)31-14(7-11-2-5-37-6-3-11)17(34)30-13(8-12-1-4-28-16(12)33)15(32)9-38-21(25,26)27/h11-14H,1-10H2,(H,28,33)(H,29,35)(H,30,34)(H,31,36)/t12-,13?,14?/m0/s1. The van der Waals surface area contributed by atoms with Gasteiger partial charge in [-0.05, 0) is 38.0 Å². The monoisotopic (exact) mass is 562 g/mol. The number of rotatable bonds is 11. The van der Waals surface area contributed by atoms with Gasteiger partial charge in [-0.2, -0.15) is 13.2 Å². The summed E-state index contributed by atoms with van der Waals surface area (Å²) in [4.78, 5) is 61.5. The van der Waals surface area contributed by atoms with Crippen LogP contribution >= 0.6 is 0 Å². The SMILES string of the molecule is O=C(NCC(F)(F)F)C(=O)NC(CC1CCOCC1)C(=O)NC(C[C@@H]1CCNC1=O)C(=O)COC(F)(F)F. The number of Topliss-reactive ketones (excluding diaryl/α,β-unsaturated/α-hetero) is 1. The molecule has 17 heteroatoms. The number of halogens is 6. The molecule has 2 rings (SSSR count). The number of hydrogen-bond acceptors (Lipinski definition) is 7. The van der Waals surface area contributed by atoms with Crippen LogP contribution in [0.2, 0.25) is 0 Å². The molecule has 0 saturated carbocycles. The van der Waals surface area contributed by atoms with Crippen molar-refractivity contribution in [2.75, 3.05) is 32.9 Å². The molecule has 11 nitrogen and oxygen atoms in total. The smallest absolute Gasteiger partial charge is 0.381 e. The zero-order valence-corrected chi connectivity index (χ0v) is 20.0. The van der Waals surface area contributed by atoms with Gasteiger partial charge >= 0.3 is 24.4 Å². The molecule has 2 fully saturated rings. The maximum Gasteiger partial charge on any atom is 0.522 e. The van der Waals surface area contributed by atoms with Crippen LogP contribution in [-0.4, -0.2) is 86.9 Å². The highest BCUT2D eigenvalue weighted by Crippen LogP contribution is 2.22. The van der Waals surface area contributed by atoms with Crippen LogP contribution in [0.25, 0.3) is 0 Å². The van der Waals surface area contributed by atoms with Crippen LogP contribution in [0.5, 0.6) is 0 Å². The topological polar surface area (TPSA) is 152 Å². The minimum Gasteiger partial charge on any atom is -0.381 e. The van der Waals surface area contributed by atoms with Crippen LogP contribution < -0.4 is 21.3 Å². The molecule has 216 valence electrons. The van der Waals surface area contributed by atoms with E-state index < -0.39 is 73.1 Å². The Bertz CT molecular complexity index is 877. The molecule has 4 N–H and O–H groups in total. The summed E-state index contributed by atoms with van der Waals surface area (Å²) in [5.74, 6) is -6.98. The Labute approximate surface area is 212 Å². The normalized spacial score (nSPS) is 20.3. The summed E-state index contributed by atoms with van der Waals surface area (Å²) in [5.41, 5.74) is 0. The summed E-state index contributed by atoms with van der Waals surface area (Å²) >= 11 is 0. The Kier molecular flexibility index (Phi) is 11.3. The second kappa shape index (κ2) is 13.7. The van der Waals surface area contributed by atoms with Crippen molar-refractivity contribution in [1.82, 2.24) is 21.3 Å². The summed E-state index contributed by atoms with van der Waals surface area (Å²) in [7, 11) is 0. The second-order valence-corrected chi connectivity index (χ2v) is 8.89. The van der Waals surface area contributed by atoms with Crippen LogP contribution in [0, 0.1) is 11.8 Å². The predicted molar refractivity (Wildman–Crippen MR) is 114 cm³/mol. The zero-order valence-electron chi connectivity index (χ0n) is 20.0. The molecule has 38 heavy (non-hydrogen) atoms. The van der Waals surface area contributed by atoms with E-state index in [4.69, 9.17) is 4.74 Å². The number of hydrogen-bond donors (Lipinski definition) is 4. The zero-order chi connectivity index (χ0) is 28.5. The molecule has 0 aliphatic carbocycles. The summed E-state index contributed by atoms with van der Waals surface area (Å²) < 4.78 is 83.2. The quantitative estimate of drug-likeness (QED) is 0.206. The minimum absolute atomic E-state index is 0.0998. The highest BCUT2D eigenvalue weighted by Gasteiger charge is 2.37. The average Bonchev–Trinajstić information content (AvgIpc) is 3.23. The molecule has 0 radical (unpaired) electrons. The van der Waals surface area contributed by atoms with Gasteiger partial charge in [0.25, 0.3) is 0 Å². The van der Waals surface area contributed by atoms with Gasteiger partial charge in [0.2, 0.25) is 11.8 Å². The second-order valence-electron chi connectivity index (χ2n) is 8.89. The van der Waals surface area contributed by atoms with E-state index in [1.54, 1.807) is 0 Å². The lowest BCUT2D eigenvalue weighted by Crippen LogP contribution is -2.55. The highest BCUT2D eigenvalue weighted by atomic mass is 19.4.